The fraction of sp³-hybridized carbons (Fsp3) is 0.238. The Morgan fingerprint density at radius 2 is 1.71 bits per heavy atom. The van der Waals surface area contributed by atoms with E-state index < -0.39 is 0 Å². The van der Waals surface area contributed by atoms with E-state index in [1.54, 1.807) is 0 Å². The molecule has 0 fully saturated rings. The Labute approximate surface area is 148 Å². The fourth-order valence-corrected chi connectivity index (χ4v) is 3.10. The van der Waals surface area contributed by atoms with Gasteiger partial charge in [-0.1, -0.05) is 66.2 Å². The van der Waals surface area contributed by atoms with Gasteiger partial charge in [-0.25, -0.2) is 0 Å². The number of hydrogen-bond acceptors (Lipinski definition) is 2. The molecule has 1 atom stereocenters. The van der Waals surface area contributed by atoms with Crippen LogP contribution >= 0.6 is 11.6 Å². The summed E-state index contributed by atoms with van der Waals surface area (Å²) in [5.74, 6) is 0. The third-order valence-corrected chi connectivity index (χ3v) is 4.82. The van der Waals surface area contributed by atoms with Crippen LogP contribution in [0.5, 0.6) is 0 Å². The number of rotatable bonds is 6. The third kappa shape index (κ3) is 4.15. The highest BCUT2D eigenvalue weighted by Gasteiger charge is 2.08. The predicted molar refractivity (Wildman–Crippen MR) is 104 cm³/mol. The first-order valence-electron chi connectivity index (χ1n) is 8.32. The van der Waals surface area contributed by atoms with Gasteiger partial charge in [0, 0.05) is 24.2 Å². The molecular weight excluding hydrogens is 316 g/mol. The molecule has 0 radical (unpaired) electrons. The molecule has 3 rings (SSSR count). The van der Waals surface area contributed by atoms with Crippen LogP contribution in [-0.4, -0.2) is 12.6 Å². The predicted octanol–water partition coefficient (Wildman–Crippen LogP) is 4.46. The van der Waals surface area contributed by atoms with Crippen molar-refractivity contribution in [3.63, 3.8) is 0 Å². The Kier molecular flexibility index (Phi) is 5.52. The van der Waals surface area contributed by atoms with E-state index in [0.717, 1.165) is 23.6 Å². The molecule has 0 saturated heterocycles. The van der Waals surface area contributed by atoms with Crippen molar-refractivity contribution in [2.45, 2.75) is 25.9 Å². The van der Waals surface area contributed by atoms with Crippen LogP contribution in [0.15, 0.2) is 60.7 Å². The van der Waals surface area contributed by atoms with Crippen molar-refractivity contribution >= 4 is 22.4 Å². The number of fused-ring (bicyclic) bond motifs is 1. The molecule has 0 aromatic heterocycles. The summed E-state index contributed by atoms with van der Waals surface area (Å²) in [4.78, 5) is 0. The summed E-state index contributed by atoms with van der Waals surface area (Å²) in [5, 5.41) is 6.90. The highest BCUT2D eigenvalue weighted by molar-refractivity contribution is 6.31. The lowest BCUT2D eigenvalue weighted by atomic mass is 10.0. The molecule has 3 N–H and O–H groups in total. The van der Waals surface area contributed by atoms with Crippen molar-refractivity contribution in [3.8, 4) is 0 Å². The maximum absolute atomic E-state index is 6.20. The summed E-state index contributed by atoms with van der Waals surface area (Å²) in [6.07, 6.45) is 0.918. The van der Waals surface area contributed by atoms with Gasteiger partial charge in [0.15, 0.2) is 0 Å². The quantitative estimate of drug-likeness (QED) is 0.696. The standard InChI is InChI=1S/C21H23ClN2/c1-15-6-7-17(12-21(15)22)14-24-20(13-23)11-16-8-9-18-4-2-3-5-19(18)10-16/h2-10,12,20,24H,11,13-14,23H2,1H3. The Bertz CT molecular complexity index is 829. The monoisotopic (exact) mass is 338 g/mol. The molecule has 3 heteroatoms. The molecule has 124 valence electrons. The second kappa shape index (κ2) is 7.80. The van der Waals surface area contributed by atoms with Crippen molar-refractivity contribution in [2.75, 3.05) is 6.54 Å². The molecule has 0 aliphatic rings. The third-order valence-electron chi connectivity index (χ3n) is 4.41. The van der Waals surface area contributed by atoms with Gasteiger partial charge >= 0.3 is 0 Å². The van der Waals surface area contributed by atoms with E-state index in [4.69, 9.17) is 17.3 Å². The van der Waals surface area contributed by atoms with Gasteiger partial charge in [0.25, 0.3) is 0 Å². The minimum absolute atomic E-state index is 0.242. The van der Waals surface area contributed by atoms with Crippen LogP contribution in [0.4, 0.5) is 0 Å². The van der Waals surface area contributed by atoms with Crippen molar-refractivity contribution in [3.05, 3.63) is 82.4 Å². The van der Waals surface area contributed by atoms with E-state index in [-0.39, 0.29) is 6.04 Å². The number of benzene rings is 3. The summed E-state index contributed by atoms with van der Waals surface area (Å²) in [7, 11) is 0. The SMILES string of the molecule is Cc1ccc(CNC(CN)Cc2ccc3ccccc3c2)cc1Cl. The van der Waals surface area contributed by atoms with Crippen molar-refractivity contribution in [2.24, 2.45) is 5.73 Å². The van der Waals surface area contributed by atoms with Crippen LogP contribution in [0, 0.1) is 6.92 Å². The van der Waals surface area contributed by atoms with E-state index in [0.29, 0.717) is 6.54 Å². The van der Waals surface area contributed by atoms with Crippen molar-refractivity contribution in [1.82, 2.24) is 5.32 Å². The minimum atomic E-state index is 0.242. The molecule has 0 amide bonds. The Morgan fingerprint density at radius 3 is 2.46 bits per heavy atom. The van der Waals surface area contributed by atoms with E-state index in [1.165, 1.54) is 21.9 Å². The smallest absolute Gasteiger partial charge is 0.0438 e. The van der Waals surface area contributed by atoms with Gasteiger partial charge in [0.1, 0.15) is 0 Å². The van der Waals surface area contributed by atoms with Gasteiger partial charge in [0.2, 0.25) is 0 Å². The number of nitrogens with two attached hydrogens (primary N) is 1. The first-order chi connectivity index (χ1) is 11.7. The number of hydrogen-bond donors (Lipinski definition) is 2. The lowest BCUT2D eigenvalue weighted by Crippen LogP contribution is -2.37. The average Bonchev–Trinajstić information content (AvgIpc) is 2.61. The van der Waals surface area contributed by atoms with Crippen molar-refractivity contribution < 1.29 is 0 Å². The largest absolute Gasteiger partial charge is 0.329 e. The average molecular weight is 339 g/mol. The molecule has 0 bridgehead atoms. The maximum atomic E-state index is 6.20. The summed E-state index contributed by atoms with van der Waals surface area (Å²) in [6, 6.07) is 21.5. The van der Waals surface area contributed by atoms with Crippen LogP contribution in [0.1, 0.15) is 16.7 Å². The van der Waals surface area contributed by atoms with Crippen LogP contribution in [-0.2, 0) is 13.0 Å². The molecule has 0 spiro atoms. The Hall–Kier alpha value is -1.87. The molecule has 2 nitrogen and oxygen atoms in total. The molecule has 0 aliphatic carbocycles. The van der Waals surface area contributed by atoms with Gasteiger partial charge in [0.05, 0.1) is 0 Å². The number of nitrogens with one attached hydrogen (secondary N) is 1. The van der Waals surface area contributed by atoms with Gasteiger partial charge in [-0.05, 0) is 46.9 Å². The normalized spacial score (nSPS) is 12.5. The van der Waals surface area contributed by atoms with Crippen LogP contribution < -0.4 is 11.1 Å². The molecule has 3 aromatic rings. The van der Waals surface area contributed by atoms with E-state index >= 15 is 0 Å². The van der Waals surface area contributed by atoms with Crippen molar-refractivity contribution in [1.29, 1.82) is 0 Å². The number of aryl methyl sites for hydroxylation is 1. The minimum Gasteiger partial charge on any atom is -0.329 e. The highest BCUT2D eigenvalue weighted by atomic mass is 35.5. The second-order valence-corrected chi connectivity index (χ2v) is 6.69. The van der Waals surface area contributed by atoms with Gasteiger partial charge in [-0.3, -0.25) is 0 Å². The van der Waals surface area contributed by atoms with Gasteiger partial charge < -0.3 is 11.1 Å². The first kappa shape index (κ1) is 17.0. The molecule has 0 saturated carbocycles. The lowest BCUT2D eigenvalue weighted by Gasteiger charge is -2.17. The molecule has 24 heavy (non-hydrogen) atoms. The van der Waals surface area contributed by atoms with Crippen LogP contribution in [0.25, 0.3) is 10.8 Å². The molecule has 1 unspecified atom stereocenters. The topological polar surface area (TPSA) is 38.0 Å². The summed E-state index contributed by atoms with van der Waals surface area (Å²) >= 11 is 6.20. The Balaban J connectivity index is 1.65. The molecule has 0 heterocycles. The van der Waals surface area contributed by atoms with E-state index in [1.807, 2.05) is 13.0 Å². The highest BCUT2D eigenvalue weighted by Crippen LogP contribution is 2.18. The van der Waals surface area contributed by atoms with E-state index in [2.05, 4.69) is 59.9 Å². The first-order valence-corrected chi connectivity index (χ1v) is 8.69. The zero-order valence-electron chi connectivity index (χ0n) is 13.9. The molecular formula is C21H23ClN2. The fourth-order valence-electron chi connectivity index (χ4n) is 2.90. The van der Waals surface area contributed by atoms with Gasteiger partial charge in [-0.15, -0.1) is 0 Å². The maximum Gasteiger partial charge on any atom is 0.0438 e. The second-order valence-electron chi connectivity index (χ2n) is 6.28. The van der Waals surface area contributed by atoms with E-state index in [9.17, 15) is 0 Å². The zero-order chi connectivity index (χ0) is 16.9. The van der Waals surface area contributed by atoms with Crippen LogP contribution in [0.3, 0.4) is 0 Å². The van der Waals surface area contributed by atoms with Gasteiger partial charge in [-0.2, -0.15) is 0 Å². The Morgan fingerprint density at radius 1 is 0.958 bits per heavy atom. The molecule has 0 aliphatic heterocycles. The summed E-state index contributed by atoms with van der Waals surface area (Å²) in [5.41, 5.74) is 9.55. The summed E-state index contributed by atoms with van der Waals surface area (Å²) in [6.45, 7) is 3.39. The lowest BCUT2D eigenvalue weighted by molar-refractivity contribution is 0.516. The zero-order valence-corrected chi connectivity index (χ0v) is 14.7. The number of halogens is 1. The summed E-state index contributed by atoms with van der Waals surface area (Å²) < 4.78 is 0. The van der Waals surface area contributed by atoms with Crippen LogP contribution in [0.2, 0.25) is 5.02 Å². The molecule has 3 aromatic carbocycles.